The first-order valence-corrected chi connectivity index (χ1v) is 6.99. The van der Waals surface area contributed by atoms with Gasteiger partial charge in [0.1, 0.15) is 17.4 Å². The Hall–Kier alpha value is -3.27. The molecule has 0 aliphatic carbocycles. The van der Waals surface area contributed by atoms with Gasteiger partial charge in [0.2, 0.25) is 5.88 Å². The maximum Gasteiger partial charge on any atom is 0.338 e. The molecule has 0 spiro atoms. The van der Waals surface area contributed by atoms with E-state index >= 15 is 0 Å². The molecule has 2 N–H and O–H groups in total. The lowest BCUT2D eigenvalue weighted by atomic mass is 9.83. The molecule has 1 aromatic carbocycles. The standard InChI is InChI=1S/C17H16N2O5/c1-9-13(17(21)23-3)14(12(8-18)15(19)24-9)10-4-6-11(7-5-10)16(20)22-2/h4-7,14H,19H2,1-3H3/t14-/m1/s1. The minimum absolute atomic E-state index is 0.0651. The molecule has 24 heavy (non-hydrogen) atoms. The Labute approximate surface area is 138 Å². The van der Waals surface area contributed by atoms with Crippen molar-refractivity contribution in [1.29, 1.82) is 5.26 Å². The minimum atomic E-state index is -0.733. The molecule has 2 rings (SSSR count). The zero-order valence-electron chi connectivity index (χ0n) is 13.5. The third kappa shape index (κ3) is 2.94. The number of ether oxygens (including phenoxy) is 3. The van der Waals surface area contributed by atoms with E-state index < -0.39 is 17.9 Å². The average Bonchev–Trinajstić information content (AvgIpc) is 2.60. The number of nitriles is 1. The molecule has 0 bridgehead atoms. The Bertz CT molecular complexity index is 784. The Morgan fingerprint density at radius 2 is 1.75 bits per heavy atom. The molecule has 0 saturated carbocycles. The number of hydrogen-bond acceptors (Lipinski definition) is 7. The number of carbonyl (C=O) groups excluding carboxylic acids is 2. The highest BCUT2D eigenvalue weighted by Crippen LogP contribution is 2.39. The highest BCUT2D eigenvalue weighted by Gasteiger charge is 2.36. The summed E-state index contributed by atoms with van der Waals surface area (Å²) in [5.74, 6) is -1.63. The fraction of sp³-hybridized carbons (Fsp3) is 0.235. The maximum atomic E-state index is 12.1. The number of carbonyl (C=O) groups is 2. The van der Waals surface area contributed by atoms with Crippen LogP contribution in [0.2, 0.25) is 0 Å². The smallest absolute Gasteiger partial charge is 0.338 e. The van der Waals surface area contributed by atoms with Gasteiger partial charge in [-0.2, -0.15) is 5.26 Å². The predicted molar refractivity (Wildman–Crippen MR) is 83.1 cm³/mol. The van der Waals surface area contributed by atoms with Gasteiger partial charge < -0.3 is 19.9 Å². The summed E-state index contributed by atoms with van der Waals surface area (Å²) >= 11 is 0. The van der Waals surface area contributed by atoms with Gasteiger partial charge in [-0.05, 0) is 24.6 Å². The molecule has 0 saturated heterocycles. The van der Waals surface area contributed by atoms with Gasteiger partial charge in [0, 0.05) is 0 Å². The van der Waals surface area contributed by atoms with Crippen molar-refractivity contribution in [3.63, 3.8) is 0 Å². The summed E-state index contributed by atoms with van der Waals surface area (Å²) in [5.41, 5.74) is 7.03. The number of rotatable bonds is 3. The number of allylic oxidation sites excluding steroid dienone is 2. The average molecular weight is 328 g/mol. The second-order valence-corrected chi connectivity index (χ2v) is 5.00. The lowest BCUT2D eigenvalue weighted by molar-refractivity contribution is -0.136. The largest absolute Gasteiger partial charge is 0.466 e. The molecule has 0 unspecified atom stereocenters. The van der Waals surface area contributed by atoms with Crippen molar-refractivity contribution >= 4 is 11.9 Å². The number of esters is 2. The first-order chi connectivity index (χ1) is 11.4. The van der Waals surface area contributed by atoms with Gasteiger partial charge in [-0.15, -0.1) is 0 Å². The molecule has 1 atom stereocenters. The van der Waals surface area contributed by atoms with E-state index in [1.54, 1.807) is 31.2 Å². The van der Waals surface area contributed by atoms with Gasteiger partial charge in [0.05, 0.1) is 31.3 Å². The summed E-state index contributed by atoms with van der Waals surface area (Å²) in [5, 5.41) is 9.42. The molecular weight excluding hydrogens is 312 g/mol. The molecule has 124 valence electrons. The van der Waals surface area contributed by atoms with Crippen LogP contribution in [0.3, 0.4) is 0 Å². The molecule has 7 heteroatoms. The lowest BCUT2D eigenvalue weighted by Crippen LogP contribution is -2.25. The van der Waals surface area contributed by atoms with Crippen molar-refractivity contribution in [3.8, 4) is 6.07 Å². The molecule has 1 heterocycles. The van der Waals surface area contributed by atoms with Gasteiger partial charge in [0.15, 0.2) is 0 Å². The summed E-state index contributed by atoms with van der Waals surface area (Å²) in [6, 6.07) is 8.33. The first kappa shape index (κ1) is 17.1. The first-order valence-electron chi connectivity index (χ1n) is 6.99. The van der Waals surface area contributed by atoms with Crippen LogP contribution in [0.4, 0.5) is 0 Å². The van der Waals surface area contributed by atoms with Crippen LogP contribution in [0.1, 0.15) is 28.8 Å². The van der Waals surface area contributed by atoms with Crippen molar-refractivity contribution in [2.45, 2.75) is 12.8 Å². The molecule has 0 amide bonds. The minimum Gasteiger partial charge on any atom is -0.466 e. The monoisotopic (exact) mass is 328 g/mol. The molecule has 0 aromatic heterocycles. The van der Waals surface area contributed by atoms with Crippen LogP contribution in [-0.2, 0) is 19.0 Å². The van der Waals surface area contributed by atoms with Crippen LogP contribution in [0, 0.1) is 11.3 Å². The van der Waals surface area contributed by atoms with Crippen molar-refractivity contribution in [2.24, 2.45) is 5.73 Å². The van der Waals surface area contributed by atoms with Crippen molar-refractivity contribution in [3.05, 3.63) is 58.2 Å². The van der Waals surface area contributed by atoms with Gasteiger partial charge in [-0.25, -0.2) is 9.59 Å². The number of benzene rings is 1. The van der Waals surface area contributed by atoms with Crippen LogP contribution in [0.5, 0.6) is 0 Å². The molecular formula is C17H16N2O5. The van der Waals surface area contributed by atoms with Crippen molar-refractivity contribution < 1.29 is 23.8 Å². The Morgan fingerprint density at radius 1 is 1.17 bits per heavy atom. The van der Waals surface area contributed by atoms with Gasteiger partial charge >= 0.3 is 11.9 Å². The molecule has 1 aliphatic heterocycles. The summed E-state index contributed by atoms with van der Waals surface area (Å²) in [6.45, 7) is 1.57. The Kier molecular flexibility index (Phi) is 4.90. The molecule has 0 fully saturated rings. The van der Waals surface area contributed by atoms with Crippen LogP contribution in [-0.4, -0.2) is 26.2 Å². The second kappa shape index (κ2) is 6.87. The molecule has 7 nitrogen and oxygen atoms in total. The zero-order valence-corrected chi connectivity index (χ0v) is 13.5. The van der Waals surface area contributed by atoms with Gasteiger partial charge in [0.25, 0.3) is 0 Å². The second-order valence-electron chi connectivity index (χ2n) is 5.00. The third-order valence-corrected chi connectivity index (χ3v) is 3.68. The van der Waals surface area contributed by atoms with Gasteiger partial charge in [-0.3, -0.25) is 0 Å². The van der Waals surface area contributed by atoms with E-state index in [1.807, 2.05) is 6.07 Å². The van der Waals surface area contributed by atoms with Crippen LogP contribution in [0.15, 0.2) is 47.1 Å². The Balaban J connectivity index is 2.56. The van der Waals surface area contributed by atoms with Crippen LogP contribution < -0.4 is 5.73 Å². The van der Waals surface area contributed by atoms with E-state index in [2.05, 4.69) is 4.74 Å². The number of methoxy groups -OCH3 is 2. The number of nitrogens with two attached hydrogens (primary N) is 1. The fourth-order valence-corrected chi connectivity index (χ4v) is 2.52. The lowest BCUT2D eigenvalue weighted by Gasteiger charge is -2.26. The maximum absolute atomic E-state index is 12.1. The van der Waals surface area contributed by atoms with E-state index in [0.717, 1.165) is 0 Å². The van der Waals surface area contributed by atoms with E-state index in [1.165, 1.54) is 14.2 Å². The number of nitrogens with zero attached hydrogens (tertiary/aromatic N) is 1. The van der Waals surface area contributed by atoms with Crippen molar-refractivity contribution in [2.75, 3.05) is 14.2 Å². The molecule has 1 aromatic rings. The third-order valence-electron chi connectivity index (χ3n) is 3.68. The van der Waals surface area contributed by atoms with E-state index in [0.29, 0.717) is 11.1 Å². The summed E-state index contributed by atoms with van der Waals surface area (Å²) in [6.07, 6.45) is 0. The Morgan fingerprint density at radius 3 is 2.25 bits per heavy atom. The molecule has 1 aliphatic rings. The van der Waals surface area contributed by atoms with E-state index in [4.69, 9.17) is 15.2 Å². The van der Waals surface area contributed by atoms with Crippen molar-refractivity contribution in [1.82, 2.24) is 0 Å². The number of hydrogen-bond donors (Lipinski definition) is 1. The highest BCUT2D eigenvalue weighted by atomic mass is 16.5. The SMILES string of the molecule is COC(=O)C1=C(C)OC(N)=C(C#N)[C@H]1c1ccc(C(=O)OC)cc1. The highest BCUT2D eigenvalue weighted by molar-refractivity contribution is 5.93. The van der Waals surface area contributed by atoms with Gasteiger partial charge in [-0.1, -0.05) is 12.1 Å². The normalized spacial score (nSPS) is 17.0. The summed E-state index contributed by atoms with van der Waals surface area (Å²) in [7, 11) is 2.53. The topological polar surface area (TPSA) is 112 Å². The molecule has 0 radical (unpaired) electrons. The predicted octanol–water partition coefficient (Wildman–Crippen LogP) is 1.73. The van der Waals surface area contributed by atoms with Crippen LogP contribution >= 0.6 is 0 Å². The fourth-order valence-electron chi connectivity index (χ4n) is 2.52. The van der Waals surface area contributed by atoms with E-state index in [-0.39, 0.29) is 22.8 Å². The summed E-state index contributed by atoms with van der Waals surface area (Å²) < 4.78 is 14.7. The quantitative estimate of drug-likeness (QED) is 0.841. The summed E-state index contributed by atoms with van der Waals surface area (Å²) in [4.78, 5) is 23.7. The van der Waals surface area contributed by atoms with Crippen LogP contribution in [0.25, 0.3) is 0 Å². The zero-order chi connectivity index (χ0) is 17.9. The van der Waals surface area contributed by atoms with E-state index in [9.17, 15) is 14.9 Å².